The number of rotatable bonds is 4. The summed E-state index contributed by atoms with van der Waals surface area (Å²) >= 11 is 0. The Balaban J connectivity index is 1.77. The molecule has 148 valence electrons. The first kappa shape index (κ1) is 18.1. The van der Waals surface area contributed by atoms with E-state index in [1.807, 2.05) is 63.5 Å². The van der Waals surface area contributed by atoms with Gasteiger partial charge >= 0.3 is 0 Å². The van der Waals surface area contributed by atoms with Crippen molar-refractivity contribution < 1.29 is 0 Å². The van der Waals surface area contributed by atoms with Gasteiger partial charge in [0, 0.05) is 31.2 Å². The summed E-state index contributed by atoms with van der Waals surface area (Å²) in [7, 11) is 1.88. The molecular weight excluding hydrogens is 376 g/mol. The zero-order valence-electron chi connectivity index (χ0n) is 16.9. The average molecular weight is 396 g/mol. The zero-order chi connectivity index (χ0) is 20.7. The van der Waals surface area contributed by atoms with Crippen LogP contribution < -0.4 is 0 Å². The van der Waals surface area contributed by atoms with Crippen LogP contribution in [0.4, 0.5) is 0 Å². The number of nitrogens with zero attached hydrogens (tertiary/aromatic N) is 8. The van der Waals surface area contributed by atoms with E-state index in [1.165, 1.54) is 0 Å². The third-order valence-corrected chi connectivity index (χ3v) is 5.19. The summed E-state index contributed by atoms with van der Waals surface area (Å²) in [6.45, 7) is 3.93. The van der Waals surface area contributed by atoms with Crippen molar-refractivity contribution in [3.05, 3.63) is 84.0 Å². The van der Waals surface area contributed by atoms with Crippen molar-refractivity contribution in [2.45, 2.75) is 19.9 Å². The van der Waals surface area contributed by atoms with E-state index in [4.69, 9.17) is 4.98 Å². The molecule has 0 saturated heterocycles. The molecule has 0 aliphatic carbocycles. The van der Waals surface area contributed by atoms with Gasteiger partial charge in [-0.3, -0.25) is 9.97 Å². The van der Waals surface area contributed by atoms with Crippen LogP contribution in [0.15, 0.2) is 61.1 Å². The summed E-state index contributed by atoms with van der Waals surface area (Å²) in [6.07, 6.45) is 5.42. The van der Waals surface area contributed by atoms with Gasteiger partial charge in [0.2, 0.25) is 0 Å². The maximum atomic E-state index is 4.71. The van der Waals surface area contributed by atoms with Crippen LogP contribution in [-0.4, -0.2) is 39.5 Å². The van der Waals surface area contributed by atoms with Crippen LogP contribution in [0, 0.1) is 13.8 Å². The van der Waals surface area contributed by atoms with Crippen molar-refractivity contribution in [1.29, 1.82) is 0 Å². The Bertz CT molecular complexity index is 1260. The fourth-order valence-corrected chi connectivity index (χ4v) is 3.89. The van der Waals surface area contributed by atoms with Gasteiger partial charge in [-0.25, -0.2) is 14.6 Å². The van der Waals surface area contributed by atoms with Crippen LogP contribution in [0.25, 0.3) is 22.4 Å². The summed E-state index contributed by atoms with van der Waals surface area (Å²) in [5, 5.41) is 8.30. The minimum atomic E-state index is -0.222. The molecule has 0 fully saturated rings. The number of aromatic nitrogens is 8. The minimum Gasteiger partial charge on any atom is -0.312 e. The molecule has 0 spiro atoms. The molecule has 0 radical (unpaired) electrons. The summed E-state index contributed by atoms with van der Waals surface area (Å²) in [5.41, 5.74) is 6.10. The van der Waals surface area contributed by atoms with Crippen molar-refractivity contribution >= 4 is 11.2 Å². The Hall–Kier alpha value is -3.94. The third-order valence-electron chi connectivity index (χ3n) is 5.19. The van der Waals surface area contributed by atoms with Gasteiger partial charge < -0.3 is 4.57 Å². The van der Waals surface area contributed by atoms with Gasteiger partial charge in [0.15, 0.2) is 5.65 Å². The zero-order valence-corrected chi connectivity index (χ0v) is 16.9. The average Bonchev–Trinajstić information content (AvgIpc) is 3.28. The third kappa shape index (κ3) is 2.93. The molecule has 5 heterocycles. The fraction of sp³-hybridized carbons (Fsp3) is 0.182. The quantitative estimate of drug-likeness (QED) is 0.463. The molecule has 0 bridgehead atoms. The lowest BCUT2D eigenvalue weighted by Crippen LogP contribution is -2.16. The lowest BCUT2D eigenvalue weighted by molar-refractivity contribution is 0.638. The highest BCUT2D eigenvalue weighted by molar-refractivity contribution is 5.79. The molecule has 5 aromatic heterocycles. The Morgan fingerprint density at radius 3 is 2.17 bits per heavy atom. The van der Waals surface area contributed by atoms with Crippen LogP contribution in [0.3, 0.4) is 0 Å². The maximum Gasteiger partial charge on any atom is 0.177 e. The smallest absolute Gasteiger partial charge is 0.177 e. The highest BCUT2D eigenvalue weighted by Crippen LogP contribution is 2.31. The second-order valence-corrected chi connectivity index (χ2v) is 7.15. The van der Waals surface area contributed by atoms with Crippen LogP contribution in [0.2, 0.25) is 0 Å². The topological polar surface area (TPSA) is 87.2 Å². The van der Waals surface area contributed by atoms with E-state index in [-0.39, 0.29) is 6.04 Å². The number of hydrogen-bond donors (Lipinski definition) is 0. The first-order valence-corrected chi connectivity index (χ1v) is 9.66. The van der Waals surface area contributed by atoms with Gasteiger partial charge in [0.1, 0.15) is 11.9 Å². The van der Waals surface area contributed by atoms with Crippen LogP contribution in [0.5, 0.6) is 0 Å². The summed E-state index contributed by atoms with van der Waals surface area (Å²) in [4.78, 5) is 18.6. The van der Waals surface area contributed by atoms with Crippen molar-refractivity contribution in [1.82, 2.24) is 39.5 Å². The van der Waals surface area contributed by atoms with Gasteiger partial charge in [-0.2, -0.15) is 0 Å². The van der Waals surface area contributed by atoms with Gasteiger partial charge in [-0.1, -0.05) is 17.3 Å². The highest BCUT2D eigenvalue weighted by atomic mass is 15.4. The Morgan fingerprint density at radius 2 is 1.60 bits per heavy atom. The van der Waals surface area contributed by atoms with E-state index in [0.717, 1.165) is 39.7 Å². The molecule has 5 rings (SSSR count). The molecule has 0 atom stereocenters. The monoisotopic (exact) mass is 396 g/mol. The van der Waals surface area contributed by atoms with Crippen LogP contribution >= 0.6 is 0 Å². The molecule has 0 aliphatic heterocycles. The Kier molecular flexibility index (Phi) is 4.31. The molecule has 0 unspecified atom stereocenters. The Labute approximate surface area is 173 Å². The fourth-order valence-electron chi connectivity index (χ4n) is 3.89. The van der Waals surface area contributed by atoms with E-state index in [0.29, 0.717) is 5.65 Å². The number of imidazole rings is 1. The van der Waals surface area contributed by atoms with E-state index in [9.17, 15) is 0 Å². The van der Waals surface area contributed by atoms with Gasteiger partial charge in [-0.15, -0.1) is 5.10 Å². The molecule has 0 saturated carbocycles. The lowest BCUT2D eigenvalue weighted by Gasteiger charge is -2.20. The standard InChI is InChI=1S/C22H20N8/c1-14-20(29(3)28-27-14)16-12-19-22(25-13-16)26-15(2)30(19)21(17-8-4-6-10-23-17)18-9-5-7-11-24-18/h4-13,21H,1-3H3. The van der Waals surface area contributed by atoms with Gasteiger partial charge in [-0.05, 0) is 44.2 Å². The second-order valence-electron chi connectivity index (χ2n) is 7.15. The maximum absolute atomic E-state index is 4.71. The molecule has 5 aromatic rings. The summed E-state index contributed by atoms with van der Waals surface area (Å²) < 4.78 is 3.91. The number of fused-ring (bicyclic) bond motifs is 1. The number of hydrogen-bond acceptors (Lipinski definition) is 6. The normalized spacial score (nSPS) is 11.5. The second kappa shape index (κ2) is 7.14. The molecule has 0 aromatic carbocycles. The number of pyridine rings is 3. The molecular formula is C22H20N8. The van der Waals surface area contributed by atoms with Gasteiger partial charge in [0.05, 0.1) is 28.3 Å². The van der Waals surface area contributed by atoms with E-state index < -0.39 is 0 Å². The van der Waals surface area contributed by atoms with Crippen molar-refractivity contribution in [3.8, 4) is 11.3 Å². The molecule has 0 amide bonds. The van der Waals surface area contributed by atoms with Crippen LogP contribution in [-0.2, 0) is 7.05 Å². The highest BCUT2D eigenvalue weighted by Gasteiger charge is 2.24. The minimum absolute atomic E-state index is 0.222. The molecule has 30 heavy (non-hydrogen) atoms. The molecule has 0 N–H and O–H groups in total. The number of aryl methyl sites for hydroxylation is 3. The summed E-state index contributed by atoms with van der Waals surface area (Å²) in [6, 6.07) is 13.7. The lowest BCUT2D eigenvalue weighted by atomic mass is 10.1. The molecule has 0 aliphatic rings. The Morgan fingerprint density at radius 1 is 0.900 bits per heavy atom. The van der Waals surface area contributed by atoms with Gasteiger partial charge in [0.25, 0.3) is 0 Å². The van der Waals surface area contributed by atoms with Crippen molar-refractivity contribution in [3.63, 3.8) is 0 Å². The first-order valence-electron chi connectivity index (χ1n) is 9.66. The van der Waals surface area contributed by atoms with E-state index in [1.54, 1.807) is 17.1 Å². The SMILES string of the molecule is Cc1nnn(C)c1-c1cnc2nc(C)n(C(c3ccccn3)c3ccccn3)c2c1. The van der Waals surface area contributed by atoms with Crippen LogP contribution in [0.1, 0.15) is 28.9 Å². The molecule has 8 heteroatoms. The van der Waals surface area contributed by atoms with Crippen molar-refractivity contribution in [2.24, 2.45) is 7.05 Å². The molecule has 8 nitrogen and oxygen atoms in total. The summed E-state index contributed by atoms with van der Waals surface area (Å²) in [5.74, 6) is 0.843. The van der Waals surface area contributed by atoms with Crippen molar-refractivity contribution in [2.75, 3.05) is 0 Å². The van der Waals surface area contributed by atoms with E-state index in [2.05, 4.69) is 35.9 Å². The predicted molar refractivity (Wildman–Crippen MR) is 113 cm³/mol. The predicted octanol–water partition coefficient (Wildman–Crippen LogP) is 3.27. The van der Waals surface area contributed by atoms with E-state index >= 15 is 0 Å². The first-order chi connectivity index (χ1) is 14.6. The largest absolute Gasteiger partial charge is 0.312 e.